The molecule has 0 spiro atoms. The van der Waals surface area contributed by atoms with E-state index in [0.29, 0.717) is 12.0 Å². The van der Waals surface area contributed by atoms with Gasteiger partial charge in [0.2, 0.25) is 0 Å². The van der Waals surface area contributed by atoms with Crippen molar-refractivity contribution >= 4 is 12.0 Å². The SMILES string of the molecule is CC[C@@H](C)N1c2cc(C)c(C=O)cc2[C@H](C)CC1(C)C. The predicted molar refractivity (Wildman–Crippen MR) is 85.9 cm³/mol. The summed E-state index contributed by atoms with van der Waals surface area (Å²) in [6.45, 7) is 13.5. The maximum atomic E-state index is 11.2. The highest BCUT2D eigenvalue weighted by atomic mass is 16.1. The third kappa shape index (κ3) is 2.36. The number of rotatable bonds is 3. The van der Waals surface area contributed by atoms with Crippen molar-refractivity contribution in [1.82, 2.24) is 0 Å². The van der Waals surface area contributed by atoms with Crippen molar-refractivity contribution in [3.05, 3.63) is 28.8 Å². The minimum Gasteiger partial charge on any atom is -0.363 e. The first-order valence-electron chi connectivity index (χ1n) is 7.71. The monoisotopic (exact) mass is 273 g/mol. The average Bonchev–Trinajstić information content (AvgIpc) is 2.36. The molecule has 20 heavy (non-hydrogen) atoms. The molecule has 1 aromatic rings. The van der Waals surface area contributed by atoms with Crippen LogP contribution in [0.5, 0.6) is 0 Å². The number of aryl methyl sites for hydroxylation is 1. The smallest absolute Gasteiger partial charge is 0.150 e. The maximum absolute atomic E-state index is 11.2. The Bertz CT molecular complexity index is 518. The molecule has 0 N–H and O–H groups in total. The van der Waals surface area contributed by atoms with E-state index in [2.05, 4.69) is 51.7 Å². The third-order valence-corrected chi connectivity index (χ3v) is 4.82. The van der Waals surface area contributed by atoms with Gasteiger partial charge >= 0.3 is 0 Å². The van der Waals surface area contributed by atoms with Gasteiger partial charge in [0.15, 0.2) is 0 Å². The molecule has 1 aromatic carbocycles. The predicted octanol–water partition coefficient (Wildman–Crippen LogP) is 4.70. The molecule has 2 atom stereocenters. The third-order valence-electron chi connectivity index (χ3n) is 4.82. The number of benzene rings is 1. The fraction of sp³-hybridized carbons (Fsp3) is 0.611. The molecule has 0 aliphatic carbocycles. The van der Waals surface area contributed by atoms with E-state index in [1.807, 2.05) is 6.92 Å². The zero-order chi connectivity index (χ0) is 15.1. The van der Waals surface area contributed by atoms with Crippen LogP contribution in [0, 0.1) is 6.92 Å². The van der Waals surface area contributed by atoms with E-state index in [1.165, 1.54) is 11.3 Å². The number of nitrogens with zero attached hydrogens (tertiary/aromatic N) is 1. The van der Waals surface area contributed by atoms with Crippen molar-refractivity contribution in [2.75, 3.05) is 4.90 Å². The van der Waals surface area contributed by atoms with Crippen LogP contribution in [0.4, 0.5) is 5.69 Å². The fourth-order valence-corrected chi connectivity index (χ4v) is 3.76. The van der Waals surface area contributed by atoms with Crippen LogP contribution in [0.25, 0.3) is 0 Å². The molecule has 110 valence electrons. The van der Waals surface area contributed by atoms with E-state index >= 15 is 0 Å². The Morgan fingerprint density at radius 1 is 1.45 bits per heavy atom. The van der Waals surface area contributed by atoms with Crippen molar-refractivity contribution in [1.29, 1.82) is 0 Å². The van der Waals surface area contributed by atoms with E-state index in [-0.39, 0.29) is 5.54 Å². The van der Waals surface area contributed by atoms with Crippen molar-refractivity contribution in [2.24, 2.45) is 0 Å². The Kier molecular flexibility index (Phi) is 3.95. The molecule has 2 heteroatoms. The highest BCUT2D eigenvalue weighted by Gasteiger charge is 2.38. The van der Waals surface area contributed by atoms with Gasteiger partial charge in [-0.2, -0.15) is 0 Å². The number of aldehydes is 1. The van der Waals surface area contributed by atoms with Crippen molar-refractivity contribution in [3.63, 3.8) is 0 Å². The first-order chi connectivity index (χ1) is 9.31. The van der Waals surface area contributed by atoms with Crippen LogP contribution in [0.1, 0.15) is 74.9 Å². The Labute approximate surface area is 123 Å². The summed E-state index contributed by atoms with van der Waals surface area (Å²) in [5.41, 5.74) is 4.73. The van der Waals surface area contributed by atoms with Crippen LogP contribution in [0.15, 0.2) is 12.1 Å². The second-order valence-corrected chi connectivity index (χ2v) is 6.93. The number of carbonyl (C=O) groups is 1. The number of anilines is 1. The van der Waals surface area contributed by atoms with Gasteiger partial charge < -0.3 is 4.90 Å². The standard InChI is InChI=1S/C18H27NO/c1-7-14(4)19-17-8-12(2)15(11-20)9-16(17)13(3)10-18(19,5)6/h8-9,11,13-14H,7,10H2,1-6H3/t13-,14-/m1/s1. The first-order valence-corrected chi connectivity index (χ1v) is 7.71. The minimum absolute atomic E-state index is 0.164. The van der Waals surface area contributed by atoms with Gasteiger partial charge in [-0.25, -0.2) is 0 Å². The van der Waals surface area contributed by atoms with E-state index < -0.39 is 0 Å². The lowest BCUT2D eigenvalue weighted by Gasteiger charge is -2.50. The zero-order valence-electron chi connectivity index (χ0n) is 13.7. The molecule has 0 fully saturated rings. The Hall–Kier alpha value is -1.31. The summed E-state index contributed by atoms with van der Waals surface area (Å²) >= 11 is 0. The van der Waals surface area contributed by atoms with Gasteiger partial charge in [0, 0.05) is 22.8 Å². The molecule has 0 radical (unpaired) electrons. The van der Waals surface area contributed by atoms with E-state index in [0.717, 1.165) is 30.3 Å². The second-order valence-electron chi connectivity index (χ2n) is 6.93. The topological polar surface area (TPSA) is 20.3 Å². The highest BCUT2D eigenvalue weighted by molar-refractivity contribution is 5.80. The Morgan fingerprint density at radius 2 is 2.10 bits per heavy atom. The Balaban J connectivity index is 2.64. The summed E-state index contributed by atoms with van der Waals surface area (Å²) < 4.78 is 0. The molecular weight excluding hydrogens is 246 g/mol. The average molecular weight is 273 g/mol. The van der Waals surface area contributed by atoms with E-state index in [9.17, 15) is 4.79 Å². The summed E-state index contributed by atoms with van der Waals surface area (Å²) in [5.74, 6) is 0.500. The number of hydrogen-bond donors (Lipinski definition) is 0. The highest BCUT2D eigenvalue weighted by Crippen LogP contribution is 2.45. The van der Waals surface area contributed by atoms with Crippen LogP contribution in [0.3, 0.4) is 0 Å². The molecular formula is C18H27NO. The van der Waals surface area contributed by atoms with Crippen LogP contribution in [0.2, 0.25) is 0 Å². The van der Waals surface area contributed by atoms with Gasteiger partial charge in [-0.1, -0.05) is 13.8 Å². The lowest BCUT2D eigenvalue weighted by Crippen LogP contribution is -2.52. The molecule has 2 nitrogen and oxygen atoms in total. The second kappa shape index (κ2) is 5.23. The van der Waals surface area contributed by atoms with E-state index in [4.69, 9.17) is 0 Å². The van der Waals surface area contributed by atoms with Crippen LogP contribution < -0.4 is 4.90 Å². The maximum Gasteiger partial charge on any atom is 0.150 e. The lowest BCUT2D eigenvalue weighted by molar-refractivity contribution is 0.112. The first kappa shape index (κ1) is 15.1. The number of hydrogen-bond acceptors (Lipinski definition) is 2. The molecule has 0 bridgehead atoms. The molecule has 0 aromatic heterocycles. The van der Waals surface area contributed by atoms with Gasteiger partial charge in [-0.05, 0) is 69.7 Å². The zero-order valence-corrected chi connectivity index (χ0v) is 13.7. The quantitative estimate of drug-likeness (QED) is 0.744. The molecule has 1 aliphatic rings. The lowest BCUT2D eigenvalue weighted by atomic mass is 9.78. The Morgan fingerprint density at radius 3 is 2.65 bits per heavy atom. The molecule has 0 unspecified atom stereocenters. The van der Waals surface area contributed by atoms with Gasteiger partial charge in [0.1, 0.15) is 6.29 Å². The van der Waals surface area contributed by atoms with Crippen molar-refractivity contribution in [2.45, 2.75) is 71.9 Å². The normalized spacial score (nSPS) is 22.3. The molecule has 1 heterocycles. The summed E-state index contributed by atoms with van der Waals surface area (Å²) in [7, 11) is 0. The molecule has 0 saturated carbocycles. The largest absolute Gasteiger partial charge is 0.363 e. The van der Waals surface area contributed by atoms with E-state index in [1.54, 1.807) is 0 Å². The number of fused-ring (bicyclic) bond motifs is 1. The summed E-state index contributed by atoms with van der Waals surface area (Å²) in [6, 6.07) is 4.83. The summed E-state index contributed by atoms with van der Waals surface area (Å²) in [6.07, 6.45) is 3.24. The number of carbonyl (C=O) groups excluding carboxylic acids is 1. The van der Waals surface area contributed by atoms with Gasteiger partial charge in [0.05, 0.1) is 0 Å². The summed E-state index contributed by atoms with van der Waals surface area (Å²) in [4.78, 5) is 13.8. The minimum atomic E-state index is 0.164. The molecule has 0 amide bonds. The van der Waals surface area contributed by atoms with Crippen LogP contribution in [-0.4, -0.2) is 17.9 Å². The molecule has 0 saturated heterocycles. The van der Waals surface area contributed by atoms with Crippen molar-refractivity contribution in [3.8, 4) is 0 Å². The van der Waals surface area contributed by atoms with Crippen LogP contribution in [-0.2, 0) is 0 Å². The molecule has 2 rings (SSSR count). The molecule has 1 aliphatic heterocycles. The summed E-state index contributed by atoms with van der Waals surface area (Å²) in [5, 5.41) is 0. The van der Waals surface area contributed by atoms with Crippen LogP contribution >= 0.6 is 0 Å². The fourth-order valence-electron chi connectivity index (χ4n) is 3.76. The van der Waals surface area contributed by atoms with Gasteiger partial charge in [-0.15, -0.1) is 0 Å². The van der Waals surface area contributed by atoms with Gasteiger partial charge in [-0.3, -0.25) is 4.79 Å². The van der Waals surface area contributed by atoms with Crippen molar-refractivity contribution < 1.29 is 4.79 Å². The van der Waals surface area contributed by atoms with Gasteiger partial charge in [0.25, 0.3) is 0 Å².